The van der Waals surface area contributed by atoms with Crippen LogP contribution in [0, 0.1) is 0 Å². The molecule has 12 rings (SSSR count). The number of fused-ring (bicyclic) bond motifs is 4. The molecule has 0 N–H and O–H groups in total. The van der Waals surface area contributed by atoms with Crippen LogP contribution < -0.4 is 35.3 Å². The molecule has 2 aliphatic heterocycles. The number of ether oxygens (including phenoxy) is 4. The van der Waals surface area contributed by atoms with Crippen LogP contribution in [-0.2, 0) is 0 Å². The Morgan fingerprint density at radius 3 is 0.985 bits per heavy atom. The number of rotatable bonds is 8. The Morgan fingerprint density at radius 1 is 0.292 bits per heavy atom. The average Bonchev–Trinajstić information content (AvgIpc) is 3.38. The molecule has 0 saturated heterocycles. The number of benzene rings is 10. The highest BCUT2D eigenvalue weighted by Gasteiger charge is 2.42. The van der Waals surface area contributed by atoms with E-state index in [1.54, 1.807) is 0 Å². The minimum atomic E-state index is 0.0519. The second-order valence-corrected chi connectivity index (χ2v) is 15.9. The summed E-state index contributed by atoms with van der Waals surface area (Å²) < 4.78 is 26.0. The van der Waals surface area contributed by atoms with Crippen LogP contribution in [0.25, 0.3) is 44.5 Å². The third kappa shape index (κ3) is 7.92. The van der Waals surface area contributed by atoms with Crippen LogP contribution in [0.1, 0.15) is 0 Å². The van der Waals surface area contributed by atoms with Gasteiger partial charge in [-0.15, -0.1) is 0 Å². The highest BCUT2D eigenvalue weighted by molar-refractivity contribution is 6.98. The molecule has 0 saturated carbocycles. The van der Waals surface area contributed by atoms with Crippen LogP contribution in [-0.4, -0.2) is 6.71 Å². The zero-order valence-corrected chi connectivity index (χ0v) is 35.4. The van der Waals surface area contributed by atoms with Gasteiger partial charge in [0.05, 0.1) is 0 Å². The Labute approximate surface area is 379 Å². The third-order valence-corrected chi connectivity index (χ3v) is 11.8. The molecule has 0 amide bonds. The van der Waals surface area contributed by atoms with E-state index in [9.17, 15) is 0 Å². The van der Waals surface area contributed by atoms with Crippen LogP contribution >= 0.6 is 0 Å². The van der Waals surface area contributed by atoms with Gasteiger partial charge >= 0.3 is 0 Å². The lowest BCUT2D eigenvalue weighted by Gasteiger charge is -2.35. The van der Waals surface area contributed by atoms with Crippen molar-refractivity contribution in [2.45, 2.75) is 0 Å². The van der Waals surface area contributed by atoms with E-state index in [1.165, 1.54) is 10.9 Å². The number of hydrogen-bond acceptors (Lipinski definition) is 4. The van der Waals surface area contributed by atoms with Crippen LogP contribution in [0.3, 0.4) is 0 Å². The molecule has 0 aliphatic carbocycles. The van der Waals surface area contributed by atoms with Gasteiger partial charge in [0.1, 0.15) is 46.0 Å². The van der Waals surface area contributed by atoms with Crippen LogP contribution in [0.2, 0.25) is 0 Å². The fourth-order valence-electron chi connectivity index (χ4n) is 8.79. The maximum atomic E-state index is 6.64. The minimum Gasteiger partial charge on any atom is -0.458 e. The molecule has 0 spiro atoms. The molecule has 5 heteroatoms. The van der Waals surface area contributed by atoms with E-state index < -0.39 is 0 Å². The zero-order chi connectivity index (χ0) is 43.4. The third-order valence-electron chi connectivity index (χ3n) is 11.8. The summed E-state index contributed by atoms with van der Waals surface area (Å²) in [6, 6.07) is 84.3. The zero-order valence-electron chi connectivity index (χ0n) is 35.4. The van der Waals surface area contributed by atoms with Gasteiger partial charge in [0.2, 0.25) is 0 Å². The maximum Gasteiger partial charge on any atom is 0.260 e. The van der Waals surface area contributed by atoms with E-state index in [4.69, 9.17) is 18.9 Å². The van der Waals surface area contributed by atoms with Gasteiger partial charge in [-0.2, -0.15) is 0 Å². The first-order valence-corrected chi connectivity index (χ1v) is 21.8. The molecular formula is C60H41BO4. The Morgan fingerprint density at radius 2 is 0.600 bits per heavy atom. The van der Waals surface area contributed by atoms with E-state index in [0.29, 0.717) is 0 Å². The summed E-state index contributed by atoms with van der Waals surface area (Å²) in [6.45, 7) is 0.0519. The fraction of sp³-hybridized carbons (Fsp3) is 0. The van der Waals surface area contributed by atoms with E-state index in [0.717, 1.165) is 96.0 Å². The minimum absolute atomic E-state index is 0.0519. The van der Waals surface area contributed by atoms with Crippen molar-refractivity contribution in [3.63, 3.8) is 0 Å². The van der Waals surface area contributed by atoms with Gasteiger partial charge in [-0.1, -0.05) is 194 Å². The molecule has 2 heterocycles. The van der Waals surface area contributed by atoms with E-state index in [2.05, 4.69) is 121 Å². The van der Waals surface area contributed by atoms with Gasteiger partial charge in [0.25, 0.3) is 6.71 Å². The van der Waals surface area contributed by atoms with Crippen molar-refractivity contribution >= 4 is 23.1 Å². The molecule has 0 atom stereocenters. The van der Waals surface area contributed by atoms with Crippen molar-refractivity contribution < 1.29 is 18.9 Å². The lowest BCUT2D eigenvalue weighted by Crippen LogP contribution is -2.57. The summed E-state index contributed by atoms with van der Waals surface area (Å²) in [7, 11) is 0. The Balaban J connectivity index is 0.000000144. The van der Waals surface area contributed by atoms with Gasteiger partial charge in [0, 0.05) is 33.8 Å². The van der Waals surface area contributed by atoms with Crippen molar-refractivity contribution in [1.82, 2.24) is 0 Å². The van der Waals surface area contributed by atoms with Gasteiger partial charge in [-0.05, 0) is 81.7 Å². The molecule has 4 nitrogen and oxygen atoms in total. The second-order valence-electron chi connectivity index (χ2n) is 15.9. The summed E-state index contributed by atoms with van der Waals surface area (Å²) in [5, 5.41) is 0. The Hall–Kier alpha value is -8.54. The second kappa shape index (κ2) is 17.7. The van der Waals surface area contributed by atoms with Crippen molar-refractivity contribution in [2.24, 2.45) is 0 Å². The van der Waals surface area contributed by atoms with Crippen LogP contribution in [0.5, 0.6) is 46.0 Å². The maximum absolute atomic E-state index is 6.64. The highest BCUT2D eigenvalue weighted by Crippen LogP contribution is 2.47. The summed E-state index contributed by atoms with van der Waals surface area (Å²) in [6.07, 6.45) is 0. The summed E-state index contributed by atoms with van der Waals surface area (Å²) in [5.41, 5.74) is 12.1. The number of para-hydroxylation sites is 4. The molecule has 0 unspecified atom stereocenters. The Bertz CT molecular complexity index is 3020. The smallest absolute Gasteiger partial charge is 0.260 e. The quantitative estimate of drug-likeness (QED) is 0.143. The van der Waals surface area contributed by atoms with Crippen molar-refractivity contribution in [3.05, 3.63) is 249 Å². The van der Waals surface area contributed by atoms with E-state index in [1.807, 2.05) is 127 Å². The topological polar surface area (TPSA) is 36.9 Å². The predicted octanol–water partition coefficient (Wildman–Crippen LogP) is 14.4. The molecule has 0 radical (unpaired) electrons. The molecule has 0 bridgehead atoms. The molecule has 65 heavy (non-hydrogen) atoms. The van der Waals surface area contributed by atoms with Crippen molar-refractivity contribution in [1.29, 1.82) is 0 Å². The number of hydrogen-bond donors (Lipinski definition) is 0. The van der Waals surface area contributed by atoms with Crippen LogP contribution in [0.4, 0.5) is 0 Å². The normalized spacial score (nSPS) is 11.6. The first kappa shape index (κ1) is 39.3. The summed E-state index contributed by atoms with van der Waals surface area (Å²) in [5.74, 6) is 6.62. The van der Waals surface area contributed by atoms with Crippen molar-refractivity contribution in [3.8, 4) is 90.5 Å². The molecule has 10 aromatic rings. The standard InChI is InChI=1S/C30H19BO2.C30H22O2/c1-3-11-20(12-4-1)22-19-23(21-13-5-2-6-14-21)30-28-29(22)32-26-17-9-7-15-24(26)31(28)25-16-8-10-18-27(25)33-30;1-5-13-23(14-6-1)27-21-28(24-15-7-2-8-16-24)30(32-26-19-11-4-12-20-26)22-29(27)31-25-17-9-3-10-18-25/h1-19H;1-22H. The van der Waals surface area contributed by atoms with E-state index in [-0.39, 0.29) is 6.71 Å². The van der Waals surface area contributed by atoms with Gasteiger partial charge in [-0.25, -0.2) is 0 Å². The predicted molar refractivity (Wildman–Crippen MR) is 265 cm³/mol. The molecule has 0 fully saturated rings. The molecule has 10 aromatic carbocycles. The molecule has 2 aliphatic rings. The fourth-order valence-corrected chi connectivity index (χ4v) is 8.79. The summed E-state index contributed by atoms with van der Waals surface area (Å²) in [4.78, 5) is 0. The van der Waals surface area contributed by atoms with Gasteiger partial charge in [-0.3, -0.25) is 0 Å². The van der Waals surface area contributed by atoms with Gasteiger partial charge in [0.15, 0.2) is 0 Å². The van der Waals surface area contributed by atoms with Crippen molar-refractivity contribution in [2.75, 3.05) is 0 Å². The largest absolute Gasteiger partial charge is 0.458 e. The lowest BCUT2D eigenvalue weighted by atomic mass is 9.34. The Kier molecular flexibility index (Phi) is 10.7. The molecule has 308 valence electrons. The van der Waals surface area contributed by atoms with Crippen LogP contribution in [0.15, 0.2) is 249 Å². The monoisotopic (exact) mass is 836 g/mol. The first-order valence-electron chi connectivity index (χ1n) is 21.8. The van der Waals surface area contributed by atoms with Gasteiger partial charge < -0.3 is 18.9 Å². The van der Waals surface area contributed by atoms with E-state index >= 15 is 0 Å². The first-order chi connectivity index (χ1) is 32.2. The molecular weight excluding hydrogens is 795 g/mol. The molecule has 0 aromatic heterocycles. The SMILES string of the molecule is c1ccc(-c2cc(-c3ccccc3)c3c4c2Oc2ccccc2B4c2ccccc2O3)cc1.c1ccc(Oc2cc(Oc3ccccc3)c(-c3ccccc3)cc2-c2ccccc2)cc1. The lowest BCUT2D eigenvalue weighted by molar-refractivity contribution is 0.462. The highest BCUT2D eigenvalue weighted by atomic mass is 16.5. The average molecular weight is 837 g/mol. The summed E-state index contributed by atoms with van der Waals surface area (Å²) >= 11 is 0.